The predicted octanol–water partition coefficient (Wildman–Crippen LogP) is 3.27. The quantitative estimate of drug-likeness (QED) is 0.866. The first-order valence-electron chi connectivity index (χ1n) is 6.20. The molecule has 0 heterocycles. The highest BCUT2D eigenvalue weighted by Gasteiger charge is 2.22. The van der Waals surface area contributed by atoms with Gasteiger partial charge in [0.15, 0.2) is 0 Å². The summed E-state index contributed by atoms with van der Waals surface area (Å²) in [6, 6.07) is 10.6. The molecule has 1 nitrogen and oxygen atoms in total. The molecule has 1 aromatic carbocycles. The van der Waals surface area contributed by atoms with Gasteiger partial charge < -0.3 is 5.11 Å². The number of benzene rings is 1. The van der Waals surface area contributed by atoms with Gasteiger partial charge in [-0.2, -0.15) is 11.8 Å². The van der Waals surface area contributed by atoms with Crippen LogP contribution < -0.4 is 0 Å². The van der Waals surface area contributed by atoms with Crippen molar-refractivity contribution in [1.29, 1.82) is 0 Å². The van der Waals surface area contributed by atoms with Crippen molar-refractivity contribution in [2.45, 2.75) is 43.5 Å². The number of hydrogen-bond acceptors (Lipinski definition) is 2. The summed E-state index contributed by atoms with van der Waals surface area (Å²) in [5.41, 5.74) is 1.40. The van der Waals surface area contributed by atoms with Gasteiger partial charge in [-0.1, -0.05) is 43.2 Å². The average Bonchev–Trinajstić information content (AvgIpc) is 2.33. The molecule has 2 rings (SSSR count). The third-order valence-corrected chi connectivity index (χ3v) is 4.65. The highest BCUT2D eigenvalue weighted by molar-refractivity contribution is 7.99. The van der Waals surface area contributed by atoms with Gasteiger partial charge in [-0.05, 0) is 30.6 Å². The minimum absolute atomic E-state index is 0.0606. The van der Waals surface area contributed by atoms with Gasteiger partial charge in [-0.3, -0.25) is 0 Å². The van der Waals surface area contributed by atoms with Crippen LogP contribution in [0.3, 0.4) is 0 Å². The Balaban J connectivity index is 1.71. The second kappa shape index (κ2) is 6.31. The van der Waals surface area contributed by atoms with Gasteiger partial charge in [0.2, 0.25) is 0 Å². The van der Waals surface area contributed by atoms with Crippen molar-refractivity contribution in [2.24, 2.45) is 0 Å². The highest BCUT2D eigenvalue weighted by atomic mass is 32.2. The van der Waals surface area contributed by atoms with Crippen LogP contribution in [0.2, 0.25) is 0 Å². The number of aliphatic hydroxyl groups is 1. The van der Waals surface area contributed by atoms with E-state index >= 15 is 0 Å². The molecule has 1 aliphatic rings. The first-order chi connectivity index (χ1) is 7.86. The van der Waals surface area contributed by atoms with Crippen LogP contribution in [-0.2, 0) is 6.42 Å². The topological polar surface area (TPSA) is 20.2 Å². The van der Waals surface area contributed by atoms with Gasteiger partial charge in [0.25, 0.3) is 0 Å². The van der Waals surface area contributed by atoms with Gasteiger partial charge in [0, 0.05) is 5.25 Å². The van der Waals surface area contributed by atoms with Gasteiger partial charge in [-0.25, -0.2) is 0 Å². The molecular weight excluding hydrogens is 216 g/mol. The third-order valence-electron chi connectivity index (χ3n) is 3.23. The number of aryl methyl sites for hydroxylation is 1. The number of hydrogen-bond donors (Lipinski definition) is 1. The Labute approximate surface area is 102 Å². The standard InChI is InChI=1S/C14H20OS/c15-13-8-4-5-9-14(13)16-11-10-12-6-2-1-3-7-12/h1-3,6-7,13-15H,4-5,8-11H2/t13-,14-/m1/s1. The maximum Gasteiger partial charge on any atom is 0.0658 e. The Morgan fingerprint density at radius 2 is 1.88 bits per heavy atom. The van der Waals surface area contributed by atoms with Crippen molar-refractivity contribution in [3.05, 3.63) is 35.9 Å². The minimum Gasteiger partial charge on any atom is -0.392 e. The Hall–Kier alpha value is -0.470. The lowest BCUT2D eigenvalue weighted by Gasteiger charge is -2.26. The molecule has 0 bridgehead atoms. The zero-order valence-corrected chi connectivity index (χ0v) is 10.5. The van der Waals surface area contributed by atoms with E-state index in [0.717, 1.165) is 18.6 Å². The van der Waals surface area contributed by atoms with E-state index < -0.39 is 0 Å². The van der Waals surface area contributed by atoms with E-state index in [2.05, 4.69) is 30.3 Å². The molecule has 1 N–H and O–H groups in total. The molecule has 1 fully saturated rings. The van der Waals surface area contributed by atoms with Gasteiger partial charge in [0.05, 0.1) is 6.10 Å². The molecule has 0 unspecified atom stereocenters. The number of thioether (sulfide) groups is 1. The zero-order valence-electron chi connectivity index (χ0n) is 9.64. The molecule has 1 aromatic rings. The Kier molecular flexibility index (Phi) is 4.73. The van der Waals surface area contributed by atoms with Crippen molar-refractivity contribution in [2.75, 3.05) is 5.75 Å². The molecule has 1 aliphatic carbocycles. The van der Waals surface area contributed by atoms with Crippen molar-refractivity contribution >= 4 is 11.8 Å². The lowest BCUT2D eigenvalue weighted by molar-refractivity contribution is 0.137. The van der Waals surface area contributed by atoms with Crippen LogP contribution in [0.4, 0.5) is 0 Å². The van der Waals surface area contributed by atoms with Crippen molar-refractivity contribution < 1.29 is 5.11 Å². The smallest absolute Gasteiger partial charge is 0.0658 e. The van der Waals surface area contributed by atoms with Gasteiger partial charge in [-0.15, -0.1) is 0 Å². The van der Waals surface area contributed by atoms with E-state index in [4.69, 9.17) is 0 Å². The normalized spacial score (nSPS) is 25.6. The second-order valence-corrected chi connectivity index (χ2v) is 5.84. The van der Waals surface area contributed by atoms with Crippen LogP contribution in [0.25, 0.3) is 0 Å². The molecule has 0 aromatic heterocycles. The van der Waals surface area contributed by atoms with E-state index in [9.17, 15) is 5.11 Å². The van der Waals surface area contributed by atoms with E-state index in [0.29, 0.717) is 5.25 Å². The lowest BCUT2D eigenvalue weighted by atomic mass is 9.97. The van der Waals surface area contributed by atoms with E-state index in [1.54, 1.807) is 0 Å². The molecule has 0 amide bonds. The molecule has 0 saturated heterocycles. The van der Waals surface area contributed by atoms with E-state index in [-0.39, 0.29) is 6.10 Å². The largest absolute Gasteiger partial charge is 0.392 e. The molecule has 0 radical (unpaired) electrons. The molecule has 0 aliphatic heterocycles. The van der Waals surface area contributed by atoms with Crippen molar-refractivity contribution in [1.82, 2.24) is 0 Å². The van der Waals surface area contributed by atoms with Crippen molar-refractivity contribution in [3.63, 3.8) is 0 Å². The van der Waals surface area contributed by atoms with Crippen LogP contribution in [0, 0.1) is 0 Å². The summed E-state index contributed by atoms with van der Waals surface area (Å²) in [6.45, 7) is 0. The summed E-state index contributed by atoms with van der Waals surface area (Å²) in [5, 5.41) is 10.3. The van der Waals surface area contributed by atoms with E-state index in [1.165, 1.54) is 24.8 Å². The maximum absolute atomic E-state index is 9.85. The summed E-state index contributed by atoms with van der Waals surface area (Å²) in [7, 11) is 0. The molecule has 0 spiro atoms. The molecule has 2 heteroatoms. The Morgan fingerprint density at radius 1 is 1.12 bits per heavy atom. The van der Waals surface area contributed by atoms with Crippen LogP contribution in [-0.4, -0.2) is 22.2 Å². The van der Waals surface area contributed by atoms with E-state index in [1.807, 2.05) is 11.8 Å². The second-order valence-electron chi connectivity index (χ2n) is 4.50. The summed E-state index contributed by atoms with van der Waals surface area (Å²) in [5.74, 6) is 1.13. The Bertz CT molecular complexity index is 299. The van der Waals surface area contributed by atoms with Gasteiger partial charge in [0.1, 0.15) is 0 Å². The third kappa shape index (κ3) is 3.53. The molecular formula is C14H20OS. The van der Waals surface area contributed by atoms with Crippen LogP contribution in [0.5, 0.6) is 0 Å². The maximum atomic E-state index is 9.85. The summed E-state index contributed by atoms with van der Waals surface area (Å²) in [4.78, 5) is 0. The SMILES string of the molecule is O[C@@H]1CCCC[C@H]1SCCc1ccccc1. The fourth-order valence-corrected chi connectivity index (χ4v) is 3.59. The lowest BCUT2D eigenvalue weighted by Crippen LogP contribution is -2.27. The minimum atomic E-state index is -0.0606. The van der Waals surface area contributed by atoms with Gasteiger partial charge >= 0.3 is 0 Å². The first-order valence-corrected chi connectivity index (χ1v) is 7.25. The first kappa shape index (κ1) is 12.0. The van der Waals surface area contributed by atoms with Crippen LogP contribution in [0.15, 0.2) is 30.3 Å². The average molecular weight is 236 g/mol. The Morgan fingerprint density at radius 3 is 2.62 bits per heavy atom. The summed E-state index contributed by atoms with van der Waals surface area (Å²) in [6.07, 6.45) is 5.75. The fourth-order valence-electron chi connectivity index (χ4n) is 2.24. The highest BCUT2D eigenvalue weighted by Crippen LogP contribution is 2.29. The van der Waals surface area contributed by atoms with Crippen LogP contribution in [0.1, 0.15) is 31.2 Å². The molecule has 16 heavy (non-hydrogen) atoms. The molecule has 1 saturated carbocycles. The fraction of sp³-hybridized carbons (Fsp3) is 0.571. The van der Waals surface area contributed by atoms with Crippen molar-refractivity contribution in [3.8, 4) is 0 Å². The predicted molar refractivity (Wildman–Crippen MR) is 70.9 cm³/mol. The number of aliphatic hydroxyl groups excluding tert-OH is 1. The molecule has 2 atom stereocenters. The number of rotatable bonds is 4. The molecule has 88 valence electrons. The monoisotopic (exact) mass is 236 g/mol. The summed E-state index contributed by atoms with van der Waals surface area (Å²) < 4.78 is 0. The zero-order chi connectivity index (χ0) is 11.2. The summed E-state index contributed by atoms with van der Waals surface area (Å²) >= 11 is 1.95. The van der Waals surface area contributed by atoms with Crippen LogP contribution >= 0.6 is 11.8 Å².